The first-order valence-electron chi connectivity index (χ1n) is 6.68. The largest absolute Gasteiger partial charge is 0.433 e. The molecule has 1 rings (SSSR count). The van der Waals surface area contributed by atoms with Crippen LogP contribution in [-0.4, -0.2) is 55.2 Å². The van der Waals surface area contributed by atoms with E-state index < -0.39 is 31.0 Å². The van der Waals surface area contributed by atoms with E-state index in [4.69, 9.17) is 26.6 Å². The van der Waals surface area contributed by atoms with Gasteiger partial charge in [-0.3, -0.25) is 14.7 Å². The zero-order chi connectivity index (χ0) is 17.3. The number of aliphatic hydroxyl groups excluding tert-OH is 2. The van der Waals surface area contributed by atoms with E-state index in [2.05, 4.69) is 5.09 Å². The van der Waals surface area contributed by atoms with Crippen molar-refractivity contribution >= 4 is 21.3 Å². The highest BCUT2D eigenvalue weighted by molar-refractivity contribution is 7.56. The summed E-state index contributed by atoms with van der Waals surface area (Å²) in [6.07, 6.45) is -1.21. The highest BCUT2D eigenvalue weighted by atomic mass is 31.2. The van der Waals surface area contributed by atoms with Gasteiger partial charge in [-0.25, -0.2) is 5.09 Å². The quantitative estimate of drug-likeness (QED) is 0.161. The molecule has 2 radical (unpaired) electrons. The molecule has 23 heavy (non-hydrogen) atoms. The minimum absolute atomic E-state index is 0.111. The van der Waals surface area contributed by atoms with Crippen LogP contribution in [-0.2, 0) is 20.4 Å². The molecular formula is C11H18BN2O8P. The third kappa shape index (κ3) is 7.25. The van der Waals surface area contributed by atoms with Crippen LogP contribution >= 0.6 is 7.52 Å². The molecule has 1 heterocycles. The fourth-order valence-electron chi connectivity index (χ4n) is 1.42. The maximum absolute atomic E-state index is 12.6. The Bertz CT molecular complexity index is 540. The fourth-order valence-corrected chi connectivity index (χ4v) is 2.87. The Labute approximate surface area is 133 Å². The van der Waals surface area contributed by atoms with Gasteiger partial charge in [0.25, 0.3) is 7.52 Å². The molecule has 0 bridgehead atoms. The van der Waals surface area contributed by atoms with Crippen LogP contribution in [0.1, 0.15) is 5.76 Å². The Morgan fingerprint density at radius 3 is 2.83 bits per heavy atom. The number of furan rings is 1. The monoisotopic (exact) mass is 348 g/mol. The molecule has 0 fully saturated rings. The van der Waals surface area contributed by atoms with E-state index in [0.29, 0.717) is 0 Å². The molecule has 2 unspecified atom stereocenters. The van der Waals surface area contributed by atoms with Crippen molar-refractivity contribution in [1.82, 2.24) is 5.09 Å². The standard InChI is InChI=1S/C11H18BN2O8P/c12-3-4-20-8-23(19,13-5-9(16)6-15)21-7-10-1-2-11(22-10)14(17)18/h1-2,9,15-16H,3-8H2,(H,13,19). The normalized spacial score (nSPS) is 15.2. The van der Waals surface area contributed by atoms with Crippen molar-refractivity contribution in [2.24, 2.45) is 0 Å². The molecule has 0 aliphatic carbocycles. The van der Waals surface area contributed by atoms with Crippen LogP contribution in [0.3, 0.4) is 0 Å². The maximum atomic E-state index is 12.6. The Morgan fingerprint density at radius 2 is 2.26 bits per heavy atom. The van der Waals surface area contributed by atoms with E-state index in [9.17, 15) is 19.8 Å². The van der Waals surface area contributed by atoms with Crippen molar-refractivity contribution in [1.29, 1.82) is 0 Å². The molecule has 12 heteroatoms. The Balaban J connectivity index is 2.62. The zero-order valence-electron chi connectivity index (χ0n) is 12.3. The van der Waals surface area contributed by atoms with Gasteiger partial charge in [0.15, 0.2) is 0 Å². The van der Waals surface area contributed by atoms with Gasteiger partial charge < -0.3 is 23.9 Å². The van der Waals surface area contributed by atoms with Crippen molar-refractivity contribution in [3.8, 4) is 0 Å². The lowest BCUT2D eigenvalue weighted by atomic mass is 10.1. The van der Waals surface area contributed by atoms with E-state index in [1.165, 1.54) is 6.07 Å². The molecule has 1 aromatic heterocycles. The number of rotatable bonds is 12. The number of hydrogen-bond acceptors (Lipinski definition) is 8. The predicted molar refractivity (Wildman–Crippen MR) is 80.2 cm³/mol. The average molecular weight is 348 g/mol. The lowest BCUT2D eigenvalue weighted by molar-refractivity contribution is -0.402. The summed E-state index contributed by atoms with van der Waals surface area (Å²) >= 11 is 0. The molecule has 2 atom stereocenters. The summed E-state index contributed by atoms with van der Waals surface area (Å²) < 4.78 is 27.8. The third-order valence-corrected chi connectivity index (χ3v) is 4.28. The first kappa shape index (κ1) is 19.8. The van der Waals surface area contributed by atoms with Crippen LogP contribution < -0.4 is 5.09 Å². The van der Waals surface area contributed by atoms with Crippen LogP contribution in [0.4, 0.5) is 5.88 Å². The molecular weight excluding hydrogens is 330 g/mol. The van der Waals surface area contributed by atoms with Crippen LogP contribution in [0, 0.1) is 10.1 Å². The molecule has 1 aromatic rings. The van der Waals surface area contributed by atoms with Crippen LogP contribution in [0.25, 0.3) is 0 Å². The lowest BCUT2D eigenvalue weighted by Crippen LogP contribution is -2.29. The molecule has 0 aliphatic heterocycles. The van der Waals surface area contributed by atoms with Gasteiger partial charge in [0.2, 0.25) is 0 Å². The molecule has 0 saturated carbocycles. The number of hydrogen-bond donors (Lipinski definition) is 3. The molecule has 0 saturated heterocycles. The summed E-state index contributed by atoms with van der Waals surface area (Å²) in [5.41, 5.74) is 0. The van der Waals surface area contributed by atoms with Crippen LogP contribution in [0.5, 0.6) is 0 Å². The second-order valence-corrected chi connectivity index (χ2v) is 6.65. The summed E-state index contributed by atoms with van der Waals surface area (Å²) in [4.78, 5) is 9.82. The molecule has 3 N–H and O–H groups in total. The Hall–Kier alpha value is -1.23. The van der Waals surface area contributed by atoms with Crippen molar-refractivity contribution < 1.29 is 33.4 Å². The summed E-state index contributed by atoms with van der Waals surface area (Å²) in [6, 6.07) is 2.48. The highest BCUT2D eigenvalue weighted by Gasteiger charge is 2.25. The predicted octanol–water partition coefficient (Wildman–Crippen LogP) is 0.401. The summed E-state index contributed by atoms with van der Waals surface area (Å²) in [7, 11) is 1.75. The van der Waals surface area contributed by atoms with E-state index in [0.717, 1.165) is 6.07 Å². The summed E-state index contributed by atoms with van der Waals surface area (Å²) in [5, 5.41) is 31.1. The molecule has 0 aromatic carbocycles. The molecule has 0 aliphatic rings. The minimum Gasteiger partial charge on any atom is -0.403 e. The van der Waals surface area contributed by atoms with Gasteiger partial charge >= 0.3 is 5.88 Å². The average Bonchev–Trinajstić information content (AvgIpc) is 3.00. The maximum Gasteiger partial charge on any atom is 0.433 e. The van der Waals surface area contributed by atoms with Crippen LogP contribution in [0.2, 0.25) is 6.32 Å². The summed E-state index contributed by atoms with van der Waals surface area (Å²) in [6.45, 7) is -0.831. The third-order valence-electron chi connectivity index (χ3n) is 2.54. The first-order chi connectivity index (χ1) is 10.9. The van der Waals surface area contributed by atoms with Gasteiger partial charge in [0.1, 0.15) is 23.6 Å². The van der Waals surface area contributed by atoms with Crippen molar-refractivity contribution in [3.63, 3.8) is 0 Å². The lowest BCUT2D eigenvalue weighted by Gasteiger charge is -2.20. The Kier molecular flexibility index (Phi) is 8.46. The van der Waals surface area contributed by atoms with E-state index in [1.54, 1.807) is 0 Å². The molecule has 10 nitrogen and oxygen atoms in total. The van der Waals surface area contributed by atoms with Crippen molar-refractivity contribution in [2.45, 2.75) is 19.0 Å². The molecule has 0 spiro atoms. The van der Waals surface area contributed by atoms with Crippen molar-refractivity contribution in [3.05, 3.63) is 28.0 Å². The van der Waals surface area contributed by atoms with Gasteiger partial charge in [0.05, 0.1) is 26.6 Å². The highest BCUT2D eigenvalue weighted by Crippen LogP contribution is 2.43. The van der Waals surface area contributed by atoms with Crippen molar-refractivity contribution in [2.75, 3.05) is 26.1 Å². The number of nitrogens with zero attached hydrogens (tertiary/aromatic N) is 1. The number of nitrogens with one attached hydrogen (secondary N) is 1. The first-order valence-corrected chi connectivity index (χ1v) is 8.49. The summed E-state index contributed by atoms with van der Waals surface area (Å²) in [5.74, 6) is -0.346. The SMILES string of the molecule is [B]CCOCP(=O)(NCC(O)CO)OCc1ccc([N+](=O)[O-])o1. The smallest absolute Gasteiger partial charge is 0.403 e. The Morgan fingerprint density at radius 1 is 1.52 bits per heavy atom. The fraction of sp³-hybridized carbons (Fsp3) is 0.636. The topological polar surface area (TPSA) is 144 Å². The zero-order valence-corrected chi connectivity index (χ0v) is 13.2. The molecule has 128 valence electrons. The number of ether oxygens (including phenoxy) is 1. The second-order valence-electron chi connectivity index (χ2n) is 4.47. The van der Waals surface area contributed by atoms with Crippen LogP contribution in [0.15, 0.2) is 16.5 Å². The minimum atomic E-state index is -3.52. The van der Waals surface area contributed by atoms with E-state index >= 15 is 0 Å². The van der Waals surface area contributed by atoms with Gasteiger partial charge in [-0.1, -0.05) is 6.32 Å². The van der Waals surface area contributed by atoms with Gasteiger partial charge in [-0.15, -0.1) is 0 Å². The number of aliphatic hydroxyl groups is 2. The number of nitro groups is 1. The van der Waals surface area contributed by atoms with E-state index in [1.807, 2.05) is 0 Å². The second kappa shape index (κ2) is 9.81. The van der Waals surface area contributed by atoms with Gasteiger partial charge in [0, 0.05) is 13.2 Å². The molecule has 0 amide bonds. The van der Waals surface area contributed by atoms with Gasteiger partial charge in [-0.2, -0.15) is 0 Å². The van der Waals surface area contributed by atoms with E-state index in [-0.39, 0.29) is 38.2 Å². The van der Waals surface area contributed by atoms with Gasteiger partial charge in [-0.05, 0) is 6.07 Å².